The zero-order valence-corrected chi connectivity index (χ0v) is 14.3. The first kappa shape index (κ1) is 19.0. The van der Waals surface area contributed by atoms with Gasteiger partial charge in [0, 0.05) is 12.1 Å². The Morgan fingerprint density at radius 3 is 2.52 bits per heavy atom. The molecule has 0 radical (unpaired) electrons. The molecule has 0 saturated carbocycles. The average Bonchev–Trinajstić information content (AvgIpc) is 2.54. The molecule has 0 saturated heterocycles. The Morgan fingerprint density at radius 1 is 1.13 bits per heavy atom. The Balaban J connectivity index is 2.42. The number of carbonyl (C=O) groups excluding carboxylic acids is 2. The lowest BCUT2D eigenvalue weighted by molar-refractivity contribution is -0.142. The molecule has 0 fully saturated rings. The van der Waals surface area contributed by atoms with Crippen LogP contribution < -0.4 is 10.1 Å². The summed E-state index contributed by atoms with van der Waals surface area (Å²) in [5.74, 6) is 0.182. The Labute approximate surface area is 138 Å². The molecule has 0 spiro atoms. The van der Waals surface area contributed by atoms with E-state index in [0.29, 0.717) is 12.2 Å². The second-order valence-electron chi connectivity index (χ2n) is 5.55. The van der Waals surface area contributed by atoms with Crippen LogP contribution in [0.2, 0.25) is 0 Å². The van der Waals surface area contributed by atoms with Gasteiger partial charge in [-0.05, 0) is 37.1 Å². The number of aryl methyl sites for hydroxylation is 1. The molecule has 128 valence electrons. The van der Waals surface area contributed by atoms with E-state index in [1.165, 1.54) is 26.4 Å². The predicted octanol–water partition coefficient (Wildman–Crippen LogP) is 3.85. The summed E-state index contributed by atoms with van der Waals surface area (Å²) in [6.07, 6.45) is 6.19. The SMILES string of the molecule is CCCCCCCC(=O)Nc1ccc(OCC(=O)OC)cc1C. The van der Waals surface area contributed by atoms with E-state index in [-0.39, 0.29) is 12.5 Å². The average molecular weight is 321 g/mol. The molecular weight excluding hydrogens is 294 g/mol. The van der Waals surface area contributed by atoms with E-state index in [0.717, 1.165) is 24.1 Å². The Bertz CT molecular complexity index is 514. The minimum absolute atomic E-state index is 0.0350. The Hall–Kier alpha value is -2.04. The zero-order valence-electron chi connectivity index (χ0n) is 14.3. The van der Waals surface area contributed by atoms with Gasteiger partial charge in [-0.15, -0.1) is 0 Å². The summed E-state index contributed by atoms with van der Waals surface area (Å²) in [6, 6.07) is 5.31. The second-order valence-corrected chi connectivity index (χ2v) is 5.55. The number of anilines is 1. The monoisotopic (exact) mass is 321 g/mol. The quantitative estimate of drug-likeness (QED) is 0.525. The Kier molecular flexibility index (Phi) is 8.80. The number of hydrogen-bond acceptors (Lipinski definition) is 4. The minimum atomic E-state index is -0.428. The number of unbranched alkanes of at least 4 members (excludes halogenated alkanes) is 4. The topological polar surface area (TPSA) is 64.6 Å². The van der Waals surface area contributed by atoms with Crippen molar-refractivity contribution in [2.75, 3.05) is 19.0 Å². The predicted molar refractivity (Wildman–Crippen MR) is 90.7 cm³/mol. The standard InChI is InChI=1S/C18H27NO4/c1-4-5-6-7-8-9-17(20)19-16-11-10-15(12-14(16)2)23-13-18(21)22-3/h10-12H,4-9,13H2,1-3H3,(H,19,20). The van der Waals surface area contributed by atoms with E-state index in [4.69, 9.17) is 4.74 Å². The number of benzene rings is 1. The largest absolute Gasteiger partial charge is 0.482 e. The van der Waals surface area contributed by atoms with Gasteiger partial charge >= 0.3 is 5.97 Å². The number of nitrogens with one attached hydrogen (secondary N) is 1. The van der Waals surface area contributed by atoms with E-state index < -0.39 is 5.97 Å². The highest BCUT2D eigenvalue weighted by Crippen LogP contribution is 2.21. The molecule has 5 nitrogen and oxygen atoms in total. The van der Waals surface area contributed by atoms with Crippen molar-refractivity contribution >= 4 is 17.6 Å². The summed E-state index contributed by atoms with van der Waals surface area (Å²) in [7, 11) is 1.32. The molecule has 1 aromatic rings. The van der Waals surface area contributed by atoms with Crippen LogP contribution in [-0.2, 0) is 14.3 Å². The van der Waals surface area contributed by atoms with E-state index in [1.807, 2.05) is 6.92 Å². The molecule has 5 heteroatoms. The number of esters is 1. The van der Waals surface area contributed by atoms with Crippen LogP contribution in [0.25, 0.3) is 0 Å². The van der Waals surface area contributed by atoms with Crippen molar-refractivity contribution in [1.29, 1.82) is 0 Å². The van der Waals surface area contributed by atoms with Gasteiger partial charge in [-0.25, -0.2) is 4.79 Å². The van der Waals surface area contributed by atoms with Gasteiger partial charge in [0.05, 0.1) is 7.11 Å². The first-order chi connectivity index (χ1) is 11.1. The van der Waals surface area contributed by atoms with Crippen LogP contribution in [0.1, 0.15) is 51.0 Å². The van der Waals surface area contributed by atoms with Crippen molar-refractivity contribution in [2.24, 2.45) is 0 Å². The molecule has 0 aliphatic carbocycles. The lowest BCUT2D eigenvalue weighted by Crippen LogP contribution is -2.13. The molecule has 0 unspecified atom stereocenters. The van der Waals surface area contributed by atoms with Crippen LogP contribution in [0.4, 0.5) is 5.69 Å². The zero-order chi connectivity index (χ0) is 17.1. The summed E-state index contributed by atoms with van der Waals surface area (Å²) in [5, 5.41) is 2.92. The molecule has 1 aromatic carbocycles. The summed E-state index contributed by atoms with van der Waals surface area (Å²) in [6.45, 7) is 3.94. The number of amides is 1. The molecule has 0 heterocycles. The molecular formula is C18H27NO4. The highest BCUT2D eigenvalue weighted by molar-refractivity contribution is 5.91. The highest BCUT2D eigenvalue weighted by atomic mass is 16.6. The van der Waals surface area contributed by atoms with E-state index in [9.17, 15) is 9.59 Å². The number of hydrogen-bond donors (Lipinski definition) is 1. The maximum absolute atomic E-state index is 11.9. The van der Waals surface area contributed by atoms with Crippen LogP contribution in [0.15, 0.2) is 18.2 Å². The van der Waals surface area contributed by atoms with Gasteiger partial charge in [-0.2, -0.15) is 0 Å². The second kappa shape index (κ2) is 10.6. The van der Waals surface area contributed by atoms with E-state index >= 15 is 0 Å². The normalized spacial score (nSPS) is 10.2. The van der Waals surface area contributed by atoms with Crippen molar-refractivity contribution in [3.05, 3.63) is 23.8 Å². The lowest BCUT2D eigenvalue weighted by Gasteiger charge is -2.11. The number of rotatable bonds is 10. The number of ether oxygens (including phenoxy) is 2. The van der Waals surface area contributed by atoms with Crippen molar-refractivity contribution in [3.63, 3.8) is 0 Å². The number of carbonyl (C=O) groups is 2. The molecule has 1 amide bonds. The van der Waals surface area contributed by atoms with Gasteiger partial charge in [-0.1, -0.05) is 32.6 Å². The molecule has 0 aromatic heterocycles. The van der Waals surface area contributed by atoms with Crippen LogP contribution in [0.3, 0.4) is 0 Å². The van der Waals surface area contributed by atoms with Crippen LogP contribution in [0, 0.1) is 6.92 Å². The summed E-state index contributed by atoms with van der Waals surface area (Å²) < 4.78 is 9.83. The van der Waals surface area contributed by atoms with Gasteiger partial charge in [0.2, 0.25) is 5.91 Å². The smallest absolute Gasteiger partial charge is 0.343 e. The summed E-state index contributed by atoms with van der Waals surface area (Å²) in [5.41, 5.74) is 1.67. The first-order valence-corrected chi connectivity index (χ1v) is 8.17. The van der Waals surface area contributed by atoms with Gasteiger partial charge in [0.1, 0.15) is 5.75 Å². The van der Waals surface area contributed by atoms with E-state index in [1.54, 1.807) is 18.2 Å². The van der Waals surface area contributed by atoms with Crippen molar-refractivity contribution < 1.29 is 19.1 Å². The maximum Gasteiger partial charge on any atom is 0.343 e. The van der Waals surface area contributed by atoms with Crippen molar-refractivity contribution in [2.45, 2.75) is 52.4 Å². The van der Waals surface area contributed by atoms with Gasteiger partial charge in [-0.3, -0.25) is 4.79 Å². The highest BCUT2D eigenvalue weighted by Gasteiger charge is 2.07. The third kappa shape index (κ3) is 7.68. The first-order valence-electron chi connectivity index (χ1n) is 8.17. The van der Waals surface area contributed by atoms with Crippen molar-refractivity contribution in [3.8, 4) is 5.75 Å². The fourth-order valence-electron chi connectivity index (χ4n) is 2.17. The number of methoxy groups -OCH3 is 1. The minimum Gasteiger partial charge on any atom is -0.482 e. The van der Waals surface area contributed by atoms with Crippen LogP contribution >= 0.6 is 0 Å². The van der Waals surface area contributed by atoms with Crippen molar-refractivity contribution in [1.82, 2.24) is 0 Å². The molecule has 1 rings (SSSR count). The van der Waals surface area contributed by atoms with E-state index in [2.05, 4.69) is 17.0 Å². The van der Waals surface area contributed by atoms with Gasteiger partial charge in [0.25, 0.3) is 0 Å². The third-order valence-electron chi connectivity index (χ3n) is 3.56. The van der Waals surface area contributed by atoms with Crippen LogP contribution in [-0.4, -0.2) is 25.6 Å². The van der Waals surface area contributed by atoms with Gasteiger partial charge < -0.3 is 14.8 Å². The fourth-order valence-corrected chi connectivity index (χ4v) is 2.17. The molecule has 0 aliphatic heterocycles. The molecule has 0 atom stereocenters. The molecule has 0 bridgehead atoms. The fraction of sp³-hybridized carbons (Fsp3) is 0.556. The maximum atomic E-state index is 11.9. The molecule has 1 N–H and O–H groups in total. The lowest BCUT2D eigenvalue weighted by atomic mass is 10.1. The third-order valence-corrected chi connectivity index (χ3v) is 3.56. The van der Waals surface area contributed by atoms with Gasteiger partial charge in [0.15, 0.2) is 6.61 Å². The molecule has 0 aliphatic rings. The Morgan fingerprint density at radius 2 is 1.87 bits per heavy atom. The van der Waals surface area contributed by atoms with Crippen LogP contribution in [0.5, 0.6) is 5.75 Å². The summed E-state index contributed by atoms with van der Waals surface area (Å²) >= 11 is 0. The summed E-state index contributed by atoms with van der Waals surface area (Å²) in [4.78, 5) is 23.0. The molecule has 23 heavy (non-hydrogen) atoms.